The number of amides is 1. The van der Waals surface area contributed by atoms with Crippen LogP contribution in [-0.2, 0) is 23.1 Å². The van der Waals surface area contributed by atoms with Crippen LogP contribution in [0, 0.1) is 5.82 Å². The van der Waals surface area contributed by atoms with Crippen molar-refractivity contribution in [3.05, 3.63) is 95.7 Å². The number of carbonyl (C=O) groups is 1. The smallest absolute Gasteiger partial charge is 0.253 e. The predicted molar refractivity (Wildman–Crippen MR) is 111 cm³/mol. The molecule has 158 valence electrons. The van der Waals surface area contributed by atoms with Crippen LogP contribution in [0.3, 0.4) is 0 Å². The molecule has 0 saturated heterocycles. The lowest BCUT2D eigenvalue weighted by Gasteiger charge is -2.10. The molecule has 4 rings (SSSR count). The lowest BCUT2D eigenvalue weighted by atomic mass is 10.2. The van der Waals surface area contributed by atoms with Gasteiger partial charge >= 0.3 is 0 Å². The van der Waals surface area contributed by atoms with Gasteiger partial charge in [-0.05, 0) is 47.5 Å². The highest BCUT2D eigenvalue weighted by atomic mass is 32.2. The average molecular weight is 439 g/mol. The molecule has 0 aliphatic rings. The maximum absolute atomic E-state index is 13.3. The monoisotopic (exact) mass is 439 g/mol. The summed E-state index contributed by atoms with van der Waals surface area (Å²) in [6.07, 6.45) is 3.11. The summed E-state index contributed by atoms with van der Waals surface area (Å²) >= 11 is 0. The Morgan fingerprint density at radius 1 is 1.00 bits per heavy atom. The minimum Gasteiger partial charge on any atom is -0.348 e. The summed E-state index contributed by atoms with van der Waals surface area (Å²) in [6, 6.07) is 15.3. The molecule has 10 heteroatoms. The molecule has 31 heavy (non-hydrogen) atoms. The molecular weight excluding hydrogens is 421 g/mol. The molecule has 0 fully saturated rings. The second-order valence-corrected chi connectivity index (χ2v) is 8.57. The second kappa shape index (κ2) is 8.62. The number of pyridine rings is 1. The van der Waals surface area contributed by atoms with E-state index in [1.54, 1.807) is 40.9 Å². The van der Waals surface area contributed by atoms with Gasteiger partial charge in [0.25, 0.3) is 5.91 Å². The standard InChI is InChI=1S/C21H18FN5O3S/c22-18-5-1-3-15(9-18)12-25-31(29,30)19-6-2-4-16(10-19)11-23-21(28)17-7-8-20-26-24-14-27(20)13-17/h1-10,13-14,25H,11-12H2,(H,23,28). The number of sulfonamides is 1. The number of benzene rings is 2. The van der Waals surface area contributed by atoms with Crippen molar-refractivity contribution in [1.29, 1.82) is 0 Å². The number of hydrogen-bond acceptors (Lipinski definition) is 5. The quantitative estimate of drug-likeness (QED) is 0.460. The minimum absolute atomic E-state index is 0.0351. The van der Waals surface area contributed by atoms with Gasteiger partial charge in [0, 0.05) is 19.3 Å². The van der Waals surface area contributed by atoms with Crippen LogP contribution in [0.1, 0.15) is 21.5 Å². The van der Waals surface area contributed by atoms with Gasteiger partial charge in [0.05, 0.1) is 10.5 Å². The fourth-order valence-electron chi connectivity index (χ4n) is 2.98. The van der Waals surface area contributed by atoms with Crippen LogP contribution in [0.25, 0.3) is 5.65 Å². The third kappa shape index (κ3) is 4.93. The molecule has 8 nitrogen and oxygen atoms in total. The SMILES string of the molecule is O=C(NCc1cccc(S(=O)(=O)NCc2cccc(F)c2)c1)c1ccc2nncn2c1. The molecule has 2 aromatic heterocycles. The summed E-state index contributed by atoms with van der Waals surface area (Å²) in [4.78, 5) is 12.5. The second-order valence-electron chi connectivity index (χ2n) is 6.80. The summed E-state index contributed by atoms with van der Waals surface area (Å²) in [7, 11) is -3.80. The molecule has 2 heterocycles. The lowest BCUT2D eigenvalue weighted by molar-refractivity contribution is 0.0950. The van der Waals surface area contributed by atoms with Gasteiger partial charge in [0.15, 0.2) is 5.65 Å². The number of carbonyl (C=O) groups excluding carboxylic acids is 1. The highest BCUT2D eigenvalue weighted by Crippen LogP contribution is 2.13. The first-order chi connectivity index (χ1) is 14.9. The number of hydrogen-bond donors (Lipinski definition) is 2. The van der Waals surface area contributed by atoms with Gasteiger partial charge in [-0.15, -0.1) is 10.2 Å². The summed E-state index contributed by atoms with van der Waals surface area (Å²) in [5, 5.41) is 10.4. The first-order valence-electron chi connectivity index (χ1n) is 9.31. The maximum Gasteiger partial charge on any atom is 0.253 e. The third-order valence-corrected chi connectivity index (χ3v) is 5.97. The van der Waals surface area contributed by atoms with E-state index >= 15 is 0 Å². The van der Waals surface area contributed by atoms with E-state index in [4.69, 9.17) is 0 Å². The van der Waals surface area contributed by atoms with E-state index in [-0.39, 0.29) is 23.9 Å². The molecule has 0 saturated carbocycles. The van der Waals surface area contributed by atoms with E-state index in [0.717, 1.165) is 0 Å². The molecule has 0 spiro atoms. The topological polar surface area (TPSA) is 105 Å². The number of aromatic nitrogens is 3. The molecule has 0 radical (unpaired) electrons. The molecule has 4 aromatic rings. The van der Waals surface area contributed by atoms with E-state index in [9.17, 15) is 17.6 Å². The van der Waals surface area contributed by atoms with E-state index in [1.807, 2.05) is 0 Å². The van der Waals surface area contributed by atoms with Crippen molar-refractivity contribution in [1.82, 2.24) is 24.6 Å². The van der Waals surface area contributed by atoms with E-state index in [0.29, 0.717) is 22.3 Å². The van der Waals surface area contributed by atoms with E-state index in [1.165, 1.54) is 36.7 Å². The van der Waals surface area contributed by atoms with Crippen LogP contribution in [0.5, 0.6) is 0 Å². The van der Waals surface area contributed by atoms with Gasteiger partial charge in [-0.3, -0.25) is 9.20 Å². The van der Waals surface area contributed by atoms with Crippen molar-refractivity contribution in [3.8, 4) is 0 Å². The van der Waals surface area contributed by atoms with Crippen molar-refractivity contribution in [2.75, 3.05) is 0 Å². The first kappa shape index (κ1) is 20.6. The third-order valence-electron chi connectivity index (χ3n) is 4.57. The molecule has 0 aliphatic carbocycles. The lowest BCUT2D eigenvalue weighted by Crippen LogP contribution is -2.25. The molecule has 0 unspecified atom stereocenters. The average Bonchev–Trinajstić information content (AvgIpc) is 3.24. The van der Waals surface area contributed by atoms with Crippen LogP contribution < -0.4 is 10.0 Å². The summed E-state index contributed by atoms with van der Waals surface area (Å²) in [5.41, 5.74) is 2.18. The Bertz CT molecular complexity index is 1350. The van der Waals surface area contributed by atoms with Gasteiger partial charge in [0.2, 0.25) is 10.0 Å². The first-order valence-corrected chi connectivity index (χ1v) is 10.8. The summed E-state index contributed by atoms with van der Waals surface area (Å²) < 4.78 is 42.6. The fraction of sp³-hybridized carbons (Fsp3) is 0.0952. The highest BCUT2D eigenvalue weighted by molar-refractivity contribution is 7.89. The summed E-state index contributed by atoms with van der Waals surface area (Å²) in [5.74, 6) is -0.744. The molecule has 0 bridgehead atoms. The Morgan fingerprint density at radius 3 is 2.58 bits per heavy atom. The Kier molecular flexibility index (Phi) is 5.74. The van der Waals surface area contributed by atoms with Crippen molar-refractivity contribution < 1.29 is 17.6 Å². The van der Waals surface area contributed by atoms with Crippen LogP contribution in [0.4, 0.5) is 4.39 Å². The zero-order chi connectivity index (χ0) is 21.8. The van der Waals surface area contributed by atoms with Gasteiger partial charge in [-0.1, -0.05) is 24.3 Å². The molecular formula is C21H18FN5O3S. The molecule has 2 N–H and O–H groups in total. The highest BCUT2D eigenvalue weighted by Gasteiger charge is 2.15. The van der Waals surface area contributed by atoms with Crippen molar-refractivity contribution in [2.45, 2.75) is 18.0 Å². The van der Waals surface area contributed by atoms with E-state index < -0.39 is 15.8 Å². The van der Waals surface area contributed by atoms with Crippen molar-refractivity contribution in [2.24, 2.45) is 0 Å². The molecule has 0 aliphatic heterocycles. The van der Waals surface area contributed by atoms with Gasteiger partial charge in [0.1, 0.15) is 12.1 Å². The van der Waals surface area contributed by atoms with Crippen LogP contribution >= 0.6 is 0 Å². The Balaban J connectivity index is 1.41. The minimum atomic E-state index is -3.80. The molecule has 0 atom stereocenters. The van der Waals surface area contributed by atoms with Gasteiger partial charge in [-0.2, -0.15) is 0 Å². The number of halogens is 1. The van der Waals surface area contributed by atoms with Crippen molar-refractivity contribution >= 4 is 21.6 Å². The Morgan fingerprint density at radius 2 is 1.77 bits per heavy atom. The Labute approximate surface area is 177 Å². The number of nitrogens with zero attached hydrogens (tertiary/aromatic N) is 3. The van der Waals surface area contributed by atoms with Crippen LogP contribution in [0.2, 0.25) is 0 Å². The van der Waals surface area contributed by atoms with Crippen LogP contribution in [0.15, 0.2) is 78.1 Å². The number of nitrogens with one attached hydrogen (secondary N) is 2. The normalized spacial score (nSPS) is 11.5. The van der Waals surface area contributed by atoms with Gasteiger partial charge < -0.3 is 5.32 Å². The van der Waals surface area contributed by atoms with Crippen LogP contribution in [-0.4, -0.2) is 28.9 Å². The summed E-state index contributed by atoms with van der Waals surface area (Å²) in [6.45, 7) is 0.110. The molecule has 2 aromatic carbocycles. The predicted octanol–water partition coefficient (Wildman–Crippen LogP) is 2.28. The largest absolute Gasteiger partial charge is 0.348 e. The molecule has 1 amide bonds. The number of rotatable bonds is 7. The Hall–Kier alpha value is -3.63. The fourth-order valence-corrected chi connectivity index (χ4v) is 4.06. The number of fused-ring (bicyclic) bond motifs is 1. The zero-order valence-corrected chi connectivity index (χ0v) is 17.0. The zero-order valence-electron chi connectivity index (χ0n) is 16.2. The van der Waals surface area contributed by atoms with Gasteiger partial charge in [-0.25, -0.2) is 17.5 Å². The van der Waals surface area contributed by atoms with Crippen molar-refractivity contribution in [3.63, 3.8) is 0 Å². The maximum atomic E-state index is 13.3. The van der Waals surface area contributed by atoms with E-state index in [2.05, 4.69) is 20.2 Å².